The van der Waals surface area contributed by atoms with Crippen LogP contribution in [0.2, 0.25) is 0 Å². The number of nitrogens with zero attached hydrogens (tertiary/aromatic N) is 6. The molecule has 1 saturated carbocycles. The van der Waals surface area contributed by atoms with Gasteiger partial charge in [0, 0.05) is 37.3 Å². The van der Waals surface area contributed by atoms with Crippen LogP contribution in [0.1, 0.15) is 32.6 Å². The molecule has 10 nitrogen and oxygen atoms in total. The number of aromatic nitrogens is 6. The molecule has 0 bridgehead atoms. The van der Waals surface area contributed by atoms with Gasteiger partial charge >= 0.3 is 0 Å². The van der Waals surface area contributed by atoms with Crippen molar-refractivity contribution >= 4 is 28.4 Å². The van der Waals surface area contributed by atoms with Gasteiger partial charge in [-0.2, -0.15) is 4.98 Å². The number of fused-ring (bicyclic) bond motifs is 2. The van der Waals surface area contributed by atoms with Crippen LogP contribution in [0.15, 0.2) is 30.5 Å². The van der Waals surface area contributed by atoms with Crippen molar-refractivity contribution < 1.29 is 9.53 Å². The van der Waals surface area contributed by atoms with Gasteiger partial charge in [-0.05, 0) is 49.4 Å². The predicted octanol–water partition coefficient (Wildman–Crippen LogP) is 2.79. The summed E-state index contributed by atoms with van der Waals surface area (Å²) in [5.74, 6) is 1.13. The largest absolute Gasteiger partial charge is 0.479 e. The molecule has 0 radical (unpaired) electrons. The molecule has 1 aliphatic carbocycles. The van der Waals surface area contributed by atoms with E-state index < -0.39 is 0 Å². The first-order valence-corrected chi connectivity index (χ1v) is 11.1. The zero-order valence-electron chi connectivity index (χ0n) is 19.3. The van der Waals surface area contributed by atoms with Crippen molar-refractivity contribution in [3.63, 3.8) is 0 Å². The number of carbonyl (C=O) groups excluding carboxylic acids is 1. The van der Waals surface area contributed by atoms with Crippen LogP contribution in [0, 0.1) is 5.41 Å². The summed E-state index contributed by atoms with van der Waals surface area (Å²) in [4.78, 5) is 16.8. The molecule has 0 spiro atoms. The number of anilines is 1. The first-order chi connectivity index (χ1) is 15.9. The van der Waals surface area contributed by atoms with E-state index in [0.717, 1.165) is 53.4 Å². The second kappa shape index (κ2) is 8.02. The van der Waals surface area contributed by atoms with Crippen LogP contribution >= 0.6 is 0 Å². The van der Waals surface area contributed by atoms with E-state index in [0.29, 0.717) is 11.8 Å². The Balaban J connectivity index is 1.42. The summed E-state index contributed by atoms with van der Waals surface area (Å²) < 4.78 is 9.21. The minimum absolute atomic E-state index is 0.111. The summed E-state index contributed by atoms with van der Waals surface area (Å²) in [5.41, 5.74) is 4.27. The number of benzene rings is 1. The van der Waals surface area contributed by atoms with Crippen LogP contribution in [-0.4, -0.2) is 55.7 Å². The number of amides is 1. The maximum absolute atomic E-state index is 12.2. The average molecular weight is 449 g/mol. The molecule has 1 fully saturated rings. The summed E-state index contributed by atoms with van der Waals surface area (Å²) in [7, 11) is 5.19. The van der Waals surface area contributed by atoms with Crippen molar-refractivity contribution in [2.75, 3.05) is 19.5 Å². The molecular formula is C23H28N8O2. The fraction of sp³-hybridized carbons (Fsp3) is 0.435. The van der Waals surface area contributed by atoms with Crippen LogP contribution in [0.5, 0.6) is 5.88 Å². The maximum Gasteiger partial charge on any atom is 0.244 e. The third kappa shape index (κ3) is 3.65. The molecule has 5 rings (SSSR count). The standard InChI is InChI=1S/C23H28N8O2/c1-23(21(32)24-2)10-7-15(8-11-23)25-22-26-20(33-4)19-16(9-12-31(19)28-22)14-5-6-17-18(13-14)30(3)29-27-17/h5-6,9,12-13,15H,7-8,10-11H2,1-4H3,(H,24,32)(H,25,28). The number of hydrogen-bond acceptors (Lipinski definition) is 7. The Morgan fingerprint density at radius 1 is 1.24 bits per heavy atom. The molecule has 2 N–H and O–H groups in total. The number of nitrogens with one attached hydrogen (secondary N) is 2. The Kier molecular flexibility index (Phi) is 5.15. The Bertz CT molecular complexity index is 1330. The molecule has 3 aromatic heterocycles. The van der Waals surface area contributed by atoms with E-state index in [9.17, 15) is 4.79 Å². The predicted molar refractivity (Wildman–Crippen MR) is 125 cm³/mol. The van der Waals surface area contributed by atoms with Gasteiger partial charge in [-0.15, -0.1) is 10.2 Å². The zero-order valence-corrected chi connectivity index (χ0v) is 19.3. The van der Waals surface area contributed by atoms with Crippen molar-refractivity contribution in [3.8, 4) is 17.0 Å². The van der Waals surface area contributed by atoms with Gasteiger partial charge in [-0.3, -0.25) is 4.79 Å². The van der Waals surface area contributed by atoms with Gasteiger partial charge < -0.3 is 15.4 Å². The summed E-state index contributed by atoms with van der Waals surface area (Å²) >= 11 is 0. The lowest BCUT2D eigenvalue weighted by Gasteiger charge is -2.35. The highest BCUT2D eigenvalue weighted by Gasteiger charge is 2.37. The van der Waals surface area contributed by atoms with Crippen LogP contribution in [0.4, 0.5) is 5.95 Å². The Morgan fingerprint density at radius 3 is 2.76 bits per heavy atom. The molecule has 1 aliphatic rings. The second-order valence-corrected chi connectivity index (χ2v) is 8.94. The first-order valence-electron chi connectivity index (χ1n) is 11.1. The number of ether oxygens (including phenoxy) is 1. The van der Waals surface area contributed by atoms with Gasteiger partial charge in [-0.25, -0.2) is 9.20 Å². The summed E-state index contributed by atoms with van der Waals surface area (Å²) in [6.45, 7) is 2.04. The third-order valence-corrected chi connectivity index (χ3v) is 6.79. The maximum atomic E-state index is 12.2. The third-order valence-electron chi connectivity index (χ3n) is 6.79. The molecule has 1 aromatic carbocycles. The van der Waals surface area contributed by atoms with Crippen molar-refractivity contribution in [2.45, 2.75) is 38.6 Å². The topological polar surface area (TPSA) is 111 Å². The molecule has 10 heteroatoms. The lowest BCUT2D eigenvalue weighted by atomic mass is 9.73. The van der Waals surface area contributed by atoms with Crippen molar-refractivity contribution in [3.05, 3.63) is 30.5 Å². The first kappa shape index (κ1) is 21.2. The number of methoxy groups -OCH3 is 1. The molecule has 0 atom stereocenters. The van der Waals surface area contributed by atoms with Crippen molar-refractivity contribution in [2.24, 2.45) is 12.5 Å². The lowest BCUT2D eigenvalue weighted by Crippen LogP contribution is -2.42. The SMILES string of the molecule is CNC(=O)C1(C)CCC(Nc2nc(OC)c3c(-c4ccc5nnn(C)c5c4)ccn3n2)CC1. The number of rotatable bonds is 5. The summed E-state index contributed by atoms with van der Waals surface area (Å²) in [5, 5.41) is 19.2. The van der Waals surface area contributed by atoms with Gasteiger partial charge in [0.05, 0.1) is 12.6 Å². The highest BCUT2D eigenvalue weighted by Crippen LogP contribution is 2.37. The van der Waals surface area contributed by atoms with Crippen molar-refractivity contribution in [1.82, 2.24) is 34.9 Å². The minimum atomic E-state index is -0.310. The molecule has 3 heterocycles. The van der Waals surface area contributed by atoms with Crippen LogP contribution < -0.4 is 15.4 Å². The fourth-order valence-corrected chi connectivity index (χ4v) is 4.74. The van der Waals surface area contributed by atoms with E-state index in [1.54, 1.807) is 23.4 Å². The monoisotopic (exact) mass is 448 g/mol. The van der Waals surface area contributed by atoms with Gasteiger partial charge in [0.25, 0.3) is 0 Å². The highest BCUT2D eigenvalue weighted by molar-refractivity contribution is 5.89. The van der Waals surface area contributed by atoms with Gasteiger partial charge in [-0.1, -0.05) is 18.2 Å². The van der Waals surface area contributed by atoms with Gasteiger partial charge in [0.15, 0.2) is 0 Å². The highest BCUT2D eigenvalue weighted by atomic mass is 16.5. The summed E-state index contributed by atoms with van der Waals surface area (Å²) in [6.07, 6.45) is 5.31. The Hall–Kier alpha value is -3.69. The molecule has 4 aromatic rings. The Labute approximate surface area is 191 Å². The van der Waals surface area contributed by atoms with Crippen LogP contribution in [0.25, 0.3) is 27.7 Å². The van der Waals surface area contributed by atoms with Crippen LogP contribution in [-0.2, 0) is 11.8 Å². The smallest absolute Gasteiger partial charge is 0.244 e. The van der Waals surface area contributed by atoms with Gasteiger partial charge in [0.1, 0.15) is 11.0 Å². The van der Waals surface area contributed by atoms with E-state index in [1.807, 2.05) is 38.4 Å². The normalized spacial score (nSPS) is 20.8. The summed E-state index contributed by atoms with van der Waals surface area (Å²) in [6, 6.07) is 8.25. The minimum Gasteiger partial charge on any atom is -0.479 e. The van der Waals surface area contributed by atoms with E-state index in [4.69, 9.17) is 4.74 Å². The lowest BCUT2D eigenvalue weighted by molar-refractivity contribution is -0.131. The number of aryl methyl sites for hydroxylation is 1. The number of carbonyl (C=O) groups is 1. The van der Waals surface area contributed by atoms with Crippen LogP contribution in [0.3, 0.4) is 0 Å². The molecule has 0 unspecified atom stereocenters. The average Bonchev–Trinajstić information content (AvgIpc) is 3.43. The molecule has 172 valence electrons. The molecule has 33 heavy (non-hydrogen) atoms. The fourth-order valence-electron chi connectivity index (χ4n) is 4.74. The molecule has 1 amide bonds. The Morgan fingerprint density at radius 2 is 2.03 bits per heavy atom. The van der Waals surface area contributed by atoms with E-state index >= 15 is 0 Å². The van der Waals surface area contributed by atoms with E-state index in [2.05, 4.69) is 37.1 Å². The molecule has 0 aliphatic heterocycles. The second-order valence-electron chi connectivity index (χ2n) is 8.94. The van der Waals surface area contributed by atoms with Gasteiger partial charge in [0.2, 0.25) is 17.7 Å². The molecule has 0 saturated heterocycles. The van der Waals surface area contributed by atoms with Crippen molar-refractivity contribution in [1.29, 1.82) is 0 Å². The zero-order chi connectivity index (χ0) is 23.2. The number of hydrogen-bond donors (Lipinski definition) is 2. The van der Waals surface area contributed by atoms with E-state index in [-0.39, 0.29) is 17.4 Å². The quantitative estimate of drug-likeness (QED) is 0.483. The molecular weight excluding hydrogens is 420 g/mol. The van der Waals surface area contributed by atoms with E-state index in [1.165, 1.54) is 0 Å².